The number of nitrogens with zero attached hydrogens (tertiary/aromatic N) is 2. The van der Waals surface area contributed by atoms with Crippen molar-refractivity contribution in [2.24, 2.45) is 0 Å². The van der Waals surface area contributed by atoms with Crippen LogP contribution in [0.2, 0.25) is 0 Å². The molecule has 27 heavy (non-hydrogen) atoms. The molecule has 1 atom stereocenters. The van der Waals surface area contributed by atoms with E-state index in [4.69, 9.17) is 4.74 Å². The molecule has 0 aliphatic heterocycles. The highest BCUT2D eigenvalue weighted by molar-refractivity contribution is 5.28. The third-order valence-corrected chi connectivity index (χ3v) is 5.03. The molecule has 1 N–H and O–H groups in total. The molecule has 4 nitrogen and oxygen atoms in total. The first-order valence-electron chi connectivity index (χ1n) is 9.96. The molecule has 0 aliphatic carbocycles. The van der Waals surface area contributed by atoms with Crippen LogP contribution in [0, 0.1) is 0 Å². The van der Waals surface area contributed by atoms with E-state index < -0.39 is 0 Å². The van der Waals surface area contributed by atoms with E-state index in [0.717, 1.165) is 26.1 Å². The first-order chi connectivity index (χ1) is 12.8. The molecule has 1 heterocycles. The SMILES string of the molecule is CC[C@@H](O)CN(CCOC)Cc1cccn1Cc1ccc(C(C)(C)C)cc1. The van der Waals surface area contributed by atoms with Crippen LogP contribution in [0.15, 0.2) is 42.6 Å². The molecule has 0 fully saturated rings. The maximum Gasteiger partial charge on any atom is 0.0664 e. The van der Waals surface area contributed by atoms with E-state index >= 15 is 0 Å². The van der Waals surface area contributed by atoms with Crippen LogP contribution in [0.4, 0.5) is 0 Å². The molecule has 0 aliphatic rings. The van der Waals surface area contributed by atoms with Gasteiger partial charge >= 0.3 is 0 Å². The Morgan fingerprint density at radius 2 is 1.85 bits per heavy atom. The van der Waals surface area contributed by atoms with Gasteiger partial charge in [-0.2, -0.15) is 0 Å². The number of hydrogen-bond acceptors (Lipinski definition) is 3. The van der Waals surface area contributed by atoms with E-state index in [0.29, 0.717) is 13.2 Å². The average Bonchev–Trinajstić information content (AvgIpc) is 3.05. The molecule has 2 rings (SSSR count). The highest BCUT2D eigenvalue weighted by Crippen LogP contribution is 2.22. The lowest BCUT2D eigenvalue weighted by molar-refractivity contribution is 0.0818. The van der Waals surface area contributed by atoms with Gasteiger partial charge in [0.05, 0.1) is 12.7 Å². The summed E-state index contributed by atoms with van der Waals surface area (Å²) in [5, 5.41) is 10.1. The van der Waals surface area contributed by atoms with Gasteiger partial charge in [-0.25, -0.2) is 0 Å². The molecular formula is C23H36N2O2. The zero-order chi connectivity index (χ0) is 19.9. The van der Waals surface area contributed by atoms with Crippen LogP contribution >= 0.6 is 0 Å². The minimum Gasteiger partial charge on any atom is -0.392 e. The standard InChI is InChI=1S/C23H36N2O2/c1-6-22(26)18-24(14-15-27-5)17-21-8-7-13-25(21)16-19-9-11-20(12-10-19)23(2,3)4/h7-13,22,26H,6,14-18H2,1-5H3/t22-/m1/s1. The van der Waals surface area contributed by atoms with Crippen molar-refractivity contribution in [3.63, 3.8) is 0 Å². The summed E-state index contributed by atoms with van der Waals surface area (Å²) < 4.78 is 7.54. The Labute approximate surface area is 164 Å². The van der Waals surface area contributed by atoms with Crippen molar-refractivity contribution in [1.29, 1.82) is 0 Å². The summed E-state index contributed by atoms with van der Waals surface area (Å²) in [7, 11) is 1.72. The maximum atomic E-state index is 10.1. The highest BCUT2D eigenvalue weighted by atomic mass is 16.5. The predicted octanol–water partition coefficient (Wildman–Crippen LogP) is 4.05. The molecule has 2 aromatic rings. The number of aromatic nitrogens is 1. The van der Waals surface area contributed by atoms with Gasteiger partial charge in [-0.15, -0.1) is 0 Å². The van der Waals surface area contributed by atoms with E-state index in [9.17, 15) is 5.11 Å². The topological polar surface area (TPSA) is 37.6 Å². The van der Waals surface area contributed by atoms with Gasteiger partial charge in [-0.1, -0.05) is 52.0 Å². The van der Waals surface area contributed by atoms with Crippen LogP contribution in [0.25, 0.3) is 0 Å². The summed E-state index contributed by atoms with van der Waals surface area (Å²) >= 11 is 0. The molecule has 0 spiro atoms. The zero-order valence-corrected chi connectivity index (χ0v) is 17.6. The fraction of sp³-hybridized carbons (Fsp3) is 0.565. The summed E-state index contributed by atoms with van der Waals surface area (Å²) in [5.74, 6) is 0. The number of aliphatic hydroxyl groups excluding tert-OH is 1. The average molecular weight is 373 g/mol. The Kier molecular flexibility index (Phi) is 8.08. The van der Waals surface area contributed by atoms with Crippen molar-refractivity contribution < 1.29 is 9.84 Å². The van der Waals surface area contributed by atoms with Crippen molar-refractivity contribution in [3.8, 4) is 0 Å². The van der Waals surface area contributed by atoms with Crippen LogP contribution in [0.3, 0.4) is 0 Å². The van der Waals surface area contributed by atoms with Crippen molar-refractivity contribution in [2.45, 2.75) is 58.7 Å². The van der Waals surface area contributed by atoms with Crippen LogP contribution < -0.4 is 0 Å². The smallest absolute Gasteiger partial charge is 0.0664 e. The number of ether oxygens (including phenoxy) is 1. The molecule has 4 heteroatoms. The van der Waals surface area contributed by atoms with E-state index in [1.807, 2.05) is 6.92 Å². The summed E-state index contributed by atoms with van der Waals surface area (Å²) in [6, 6.07) is 13.2. The monoisotopic (exact) mass is 372 g/mol. The quantitative estimate of drug-likeness (QED) is 0.684. The zero-order valence-electron chi connectivity index (χ0n) is 17.6. The summed E-state index contributed by atoms with van der Waals surface area (Å²) in [4.78, 5) is 2.27. The Morgan fingerprint density at radius 3 is 2.44 bits per heavy atom. The number of hydrogen-bond donors (Lipinski definition) is 1. The van der Waals surface area contributed by atoms with E-state index in [2.05, 4.69) is 72.8 Å². The highest BCUT2D eigenvalue weighted by Gasteiger charge is 2.14. The van der Waals surface area contributed by atoms with Crippen LogP contribution in [-0.2, 0) is 23.2 Å². The molecule has 0 saturated carbocycles. The van der Waals surface area contributed by atoms with E-state index in [1.54, 1.807) is 7.11 Å². The Balaban J connectivity index is 2.07. The molecule has 1 aromatic heterocycles. The van der Waals surface area contributed by atoms with Gasteiger partial charge < -0.3 is 14.4 Å². The normalized spacial score (nSPS) is 13.3. The van der Waals surface area contributed by atoms with Gasteiger partial charge in [0.2, 0.25) is 0 Å². The second-order valence-electron chi connectivity index (χ2n) is 8.36. The first-order valence-corrected chi connectivity index (χ1v) is 9.96. The Hall–Kier alpha value is -1.62. The van der Waals surface area contributed by atoms with E-state index in [-0.39, 0.29) is 11.5 Å². The largest absolute Gasteiger partial charge is 0.392 e. The molecule has 0 unspecified atom stereocenters. The van der Waals surface area contributed by atoms with Crippen molar-refractivity contribution >= 4 is 0 Å². The minimum absolute atomic E-state index is 0.180. The summed E-state index contributed by atoms with van der Waals surface area (Å²) in [6.45, 7) is 12.6. The summed E-state index contributed by atoms with van der Waals surface area (Å²) in [6.07, 6.45) is 2.61. The number of aliphatic hydroxyl groups is 1. The molecule has 0 amide bonds. The van der Waals surface area contributed by atoms with Gasteiger partial charge in [0.15, 0.2) is 0 Å². The maximum absolute atomic E-state index is 10.1. The van der Waals surface area contributed by atoms with Crippen LogP contribution in [0.1, 0.15) is 50.9 Å². The Bertz CT molecular complexity index is 670. The fourth-order valence-corrected chi connectivity index (χ4v) is 3.17. The van der Waals surface area contributed by atoms with E-state index in [1.165, 1.54) is 16.8 Å². The summed E-state index contributed by atoms with van der Waals surface area (Å²) in [5.41, 5.74) is 4.10. The number of methoxy groups -OCH3 is 1. The lowest BCUT2D eigenvalue weighted by Gasteiger charge is -2.25. The molecule has 0 bridgehead atoms. The van der Waals surface area contributed by atoms with Crippen LogP contribution in [-0.4, -0.2) is 47.5 Å². The van der Waals surface area contributed by atoms with Gasteiger partial charge in [-0.3, -0.25) is 4.90 Å². The molecule has 1 aromatic carbocycles. The predicted molar refractivity (Wildman–Crippen MR) is 112 cm³/mol. The van der Waals surface area contributed by atoms with Crippen molar-refractivity contribution in [1.82, 2.24) is 9.47 Å². The lowest BCUT2D eigenvalue weighted by Crippen LogP contribution is -2.34. The van der Waals surface area contributed by atoms with Gasteiger partial charge in [-0.05, 0) is 35.1 Å². The molecule has 0 saturated heterocycles. The molecule has 0 radical (unpaired) electrons. The van der Waals surface area contributed by atoms with Crippen LogP contribution in [0.5, 0.6) is 0 Å². The van der Waals surface area contributed by atoms with Crippen molar-refractivity contribution in [3.05, 3.63) is 59.4 Å². The second-order valence-corrected chi connectivity index (χ2v) is 8.36. The fourth-order valence-electron chi connectivity index (χ4n) is 3.17. The lowest BCUT2D eigenvalue weighted by atomic mass is 9.87. The third kappa shape index (κ3) is 6.80. The third-order valence-electron chi connectivity index (χ3n) is 5.03. The number of rotatable bonds is 10. The van der Waals surface area contributed by atoms with Gasteiger partial charge in [0.1, 0.15) is 0 Å². The van der Waals surface area contributed by atoms with Gasteiger partial charge in [0.25, 0.3) is 0 Å². The Morgan fingerprint density at radius 1 is 1.15 bits per heavy atom. The number of benzene rings is 1. The minimum atomic E-state index is -0.296. The first kappa shape index (κ1) is 21.7. The molecular weight excluding hydrogens is 336 g/mol. The van der Waals surface area contributed by atoms with Crippen molar-refractivity contribution in [2.75, 3.05) is 26.8 Å². The second kappa shape index (κ2) is 10.1. The van der Waals surface area contributed by atoms with Gasteiger partial charge in [0, 0.05) is 45.2 Å². The molecule has 150 valence electrons.